The largest absolute Gasteiger partial charge is 0.459 e. The molecule has 2 saturated heterocycles. The second kappa shape index (κ2) is 12.8. The van der Waals surface area contributed by atoms with E-state index in [0.29, 0.717) is 5.57 Å². The summed E-state index contributed by atoms with van der Waals surface area (Å²) in [4.78, 5) is 76.5. The van der Waals surface area contributed by atoms with Gasteiger partial charge < -0.3 is 43.0 Å². The van der Waals surface area contributed by atoms with E-state index in [1.807, 2.05) is 0 Å². The molecule has 11 atom stereocenters. The molecule has 2 aliphatic carbocycles. The highest BCUT2D eigenvalue weighted by Crippen LogP contribution is 2.63. The standard InChI is InChI=1S/C31H40O15/c1-14-28(37)46-22-11-20(12-39-8)9-10-21(41-15(2)32)29(7)24(27(31(14,22)38)45-19(6)36)30(13-40-30)26(44-18(5)35)23(42-16(3)33)25(29)43-17(4)34/h9-11,14,21-27,38H,12-13H2,1-8H3/b10-9-,20-11-/t14-,21+,22-,23+,24+,25-,26+,27+,29+,30-,31-/m0/s1. The average Bonchev–Trinajstić information content (AvgIpc) is 3.69. The summed E-state index contributed by atoms with van der Waals surface area (Å²) in [5, 5.41) is 12.7. The molecule has 46 heavy (non-hydrogen) atoms. The second-order valence-electron chi connectivity index (χ2n) is 12.3. The third kappa shape index (κ3) is 6.02. The Morgan fingerprint density at radius 3 is 1.89 bits per heavy atom. The van der Waals surface area contributed by atoms with Crippen LogP contribution in [0.25, 0.3) is 0 Å². The van der Waals surface area contributed by atoms with Crippen molar-refractivity contribution in [2.75, 3.05) is 20.3 Å². The minimum Gasteiger partial charge on any atom is -0.459 e. The van der Waals surface area contributed by atoms with Crippen molar-refractivity contribution in [3.63, 3.8) is 0 Å². The highest BCUT2D eigenvalue weighted by atomic mass is 16.7. The summed E-state index contributed by atoms with van der Waals surface area (Å²) in [5.41, 5.74) is -5.45. The lowest BCUT2D eigenvalue weighted by molar-refractivity contribution is -0.279. The van der Waals surface area contributed by atoms with Crippen LogP contribution in [-0.4, -0.2) is 109 Å². The molecule has 15 nitrogen and oxygen atoms in total. The average molecular weight is 653 g/mol. The van der Waals surface area contributed by atoms with Gasteiger partial charge in [0.05, 0.1) is 24.5 Å². The molecule has 0 aromatic heterocycles. The fourth-order valence-electron chi connectivity index (χ4n) is 7.27. The first-order valence-corrected chi connectivity index (χ1v) is 14.7. The molecule has 4 aliphatic rings. The lowest BCUT2D eigenvalue weighted by atomic mass is 9.51. The Balaban J connectivity index is 2.17. The smallest absolute Gasteiger partial charge is 0.312 e. The summed E-state index contributed by atoms with van der Waals surface area (Å²) >= 11 is 0. The van der Waals surface area contributed by atoms with Crippen LogP contribution in [0.15, 0.2) is 23.8 Å². The number of hydrogen-bond donors (Lipinski definition) is 1. The second-order valence-corrected chi connectivity index (χ2v) is 12.3. The Morgan fingerprint density at radius 1 is 0.870 bits per heavy atom. The van der Waals surface area contributed by atoms with Gasteiger partial charge in [-0.25, -0.2) is 0 Å². The summed E-state index contributed by atoms with van der Waals surface area (Å²) in [6.45, 7) is 8.20. The van der Waals surface area contributed by atoms with Crippen LogP contribution in [0.5, 0.6) is 0 Å². The van der Waals surface area contributed by atoms with Gasteiger partial charge in [-0.3, -0.25) is 28.8 Å². The Labute approximate surface area is 265 Å². The molecule has 0 aromatic rings. The third-order valence-corrected chi connectivity index (χ3v) is 9.12. The predicted octanol–water partition coefficient (Wildman–Crippen LogP) is 0.485. The van der Waals surface area contributed by atoms with E-state index in [9.17, 15) is 33.9 Å². The van der Waals surface area contributed by atoms with Gasteiger partial charge in [0, 0.05) is 47.6 Å². The molecule has 1 saturated carbocycles. The molecule has 1 spiro atoms. The number of esters is 6. The quantitative estimate of drug-likeness (QED) is 0.226. The van der Waals surface area contributed by atoms with E-state index < -0.39 is 101 Å². The predicted molar refractivity (Wildman–Crippen MR) is 151 cm³/mol. The molecule has 254 valence electrons. The first-order valence-electron chi connectivity index (χ1n) is 14.7. The topological polar surface area (TPSA) is 200 Å². The van der Waals surface area contributed by atoms with Crippen LogP contribution in [0.4, 0.5) is 0 Å². The van der Waals surface area contributed by atoms with Crippen molar-refractivity contribution < 1.29 is 71.8 Å². The molecule has 3 fully saturated rings. The van der Waals surface area contributed by atoms with E-state index >= 15 is 0 Å². The molecule has 15 heteroatoms. The van der Waals surface area contributed by atoms with Crippen LogP contribution >= 0.6 is 0 Å². The van der Waals surface area contributed by atoms with Gasteiger partial charge in [0.25, 0.3) is 0 Å². The number of epoxide rings is 1. The van der Waals surface area contributed by atoms with E-state index in [2.05, 4.69) is 0 Å². The van der Waals surface area contributed by atoms with Crippen LogP contribution < -0.4 is 0 Å². The number of carbonyl (C=O) groups is 6. The van der Waals surface area contributed by atoms with Gasteiger partial charge >= 0.3 is 35.8 Å². The zero-order chi connectivity index (χ0) is 34.4. The molecule has 0 bridgehead atoms. The first-order chi connectivity index (χ1) is 21.4. The van der Waals surface area contributed by atoms with Crippen molar-refractivity contribution in [2.45, 2.75) is 96.3 Å². The summed E-state index contributed by atoms with van der Waals surface area (Å²) in [5.74, 6) is -7.67. The Morgan fingerprint density at radius 2 is 1.39 bits per heavy atom. The monoisotopic (exact) mass is 652 g/mol. The molecule has 4 rings (SSSR count). The Bertz CT molecular complexity index is 1350. The van der Waals surface area contributed by atoms with Crippen LogP contribution in [-0.2, 0) is 66.7 Å². The number of fused-ring (bicyclic) bond motifs is 3. The molecule has 0 unspecified atom stereocenters. The molecule has 0 amide bonds. The molecule has 1 N–H and O–H groups in total. The normalized spacial score (nSPS) is 41.3. The molecular formula is C31H40O15. The maximum Gasteiger partial charge on any atom is 0.312 e. The van der Waals surface area contributed by atoms with E-state index in [4.69, 9.17) is 37.9 Å². The fourth-order valence-corrected chi connectivity index (χ4v) is 7.27. The molecule has 0 radical (unpaired) electrons. The van der Waals surface area contributed by atoms with Crippen molar-refractivity contribution in [3.8, 4) is 0 Å². The number of ether oxygens (including phenoxy) is 8. The maximum absolute atomic E-state index is 13.2. The van der Waals surface area contributed by atoms with Crippen molar-refractivity contribution in [3.05, 3.63) is 23.8 Å². The highest BCUT2D eigenvalue weighted by Gasteiger charge is 2.81. The number of carbonyl (C=O) groups excluding carboxylic acids is 6. The van der Waals surface area contributed by atoms with Gasteiger partial charge in [-0.1, -0.05) is 13.0 Å². The Kier molecular flexibility index (Phi) is 9.72. The van der Waals surface area contributed by atoms with Gasteiger partial charge in [-0.15, -0.1) is 0 Å². The number of methoxy groups -OCH3 is 1. The van der Waals surface area contributed by atoms with Crippen molar-refractivity contribution in [2.24, 2.45) is 17.3 Å². The molecular weight excluding hydrogens is 612 g/mol. The lowest BCUT2D eigenvalue weighted by Gasteiger charge is -2.59. The number of hydrogen-bond acceptors (Lipinski definition) is 15. The van der Waals surface area contributed by atoms with E-state index in [0.717, 1.165) is 34.6 Å². The van der Waals surface area contributed by atoms with Gasteiger partial charge in [-0.2, -0.15) is 0 Å². The minimum absolute atomic E-state index is 0.0504. The first kappa shape index (κ1) is 35.0. The zero-order valence-corrected chi connectivity index (χ0v) is 26.9. The third-order valence-electron chi connectivity index (χ3n) is 9.12. The van der Waals surface area contributed by atoms with Gasteiger partial charge in [0.2, 0.25) is 0 Å². The number of rotatable bonds is 7. The van der Waals surface area contributed by atoms with Crippen molar-refractivity contribution in [1.29, 1.82) is 0 Å². The molecule has 2 heterocycles. The van der Waals surface area contributed by atoms with Gasteiger partial charge in [0.1, 0.15) is 17.8 Å². The van der Waals surface area contributed by atoms with Gasteiger partial charge in [-0.05, 0) is 24.6 Å². The van der Waals surface area contributed by atoms with E-state index in [1.165, 1.54) is 39.2 Å². The SMILES string of the molecule is COCC1=C\[C@@H]2OC(=O)[C@H](C)[C@@]2(O)[C@H](OC(C)=O)[C@H]2[C@@]3(CO3)[C@H](OC(C)=O)[C@H](OC(C)=O)[C@H](OC(C)=O)[C@]2(C)[C@H](OC(C)=O)/C=C\1. The summed E-state index contributed by atoms with van der Waals surface area (Å²) in [6, 6.07) is 0. The summed E-state index contributed by atoms with van der Waals surface area (Å²) < 4.78 is 46.1. The van der Waals surface area contributed by atoms with Gasteiger partial charge in [0.15, 0.2) is 30.0 Å². The molecule has 2 aliphatic heterocycles. The zero-order valence-electron chi connectivity index (χ0n) is 26.9. The van der Waals surface area contributed by atoms with Crippen LogP contribution in [0, 0.1) is 17.3 Å². The van der Waals surface area contributed by atoms with Crippen LogP contribution in [0.2, 0.25) is 0 Å². The van der Waals surface area contributed by atoms with E-state index in [-0.39, 0.29) is 13.2 Å². The minimum atomic E-state index is -2.33. The van der Waals surface area contributed by atoms with Crippen molar-refractivity contribution >= 4 is 35.8 Å². The summed E-state index contributed by atoms with van der Waals surface area (Å²) in [6.07, 6.45) is -4.71. The van der Waals surface area contributed by atoms with Crippen molar-refractivity contribution in [1.82, 2.24) is 0 Å². The van der Waals surface area contributed by atoms with Crippen LogP contribution in [0.1, 0.15) is 48.5 Å². The van der Waals surface area contributed by atoms with E-state index in [1.54, 1.807) is 0 Å². The molecule has 0 aromatic carbocycles. The van der Waals surface area contributed by atoms with Crippen LogP contribution in [0.3, 0.4) is 0 Å². The summed E-state index contributed by atoms with van der Waals surface area (Å²) in [7, 11) is 1.41. The lowest BCUT2D eigenvalue weighted by Crippen LogP contribution is -2.76. The maximum atomic E-state index is 13.2. The Hall–Kier alpha value is -3.82. The highest BCUT2D eigenvalue weighted by molar-refractivity contribution is 5.78. The fraction of sp³-hybridized carbons (Fsp3) is 0.677. The number of aliphatic hydroxyl groups is 1.